The Kier molecular flexibility index (Phi) is 3.86. The van der Waals surface area contributed by atoms with Gasteiger partial charge in [0.25, 0.3) is 0 Å². The standard InChI is InChI=1S/C6H11BrO2/c1-4(5(2)7)6(8)9-3/h4-5H,1-3H3. The molecule has 0 aromatic heterocycles. The fourth-order valence-corrected chi connectivity index (χ4v) is 0.589. The van der Waals surface area contributed by atoms with Crippen molar-refractivity contribution in [2.24, 2.45) is 5.92 Å². The number of ether oxygens (including phenoxy) is 1. The minimum Gasteiger partial charge on any atom is -0.469 e. The van der Waals surface area contributed by atoms with Crippen molar-refractivity contribution in [1.29, 1.82) is 0 Å². The van der Waals surface area contributed by atoms with Crippen LogP contribution in [-0.2, 0) is 9.53 Å². The van der Waals surface area contributed by atoms with Crippen LogP contribution in [0.1, 0.15) is 13.8 Å². The van der Waals surface area contributed by atoms with E-state index in [2.05, 4.69) is 20.7 Å². The molecule has 0 aliphatic heterocycles. The van der Waals surface area contributed by atoms with Crippen LogP contribution in [0.5, 0.6) is 0 Å². The van der Waals surface area contributed by atoms with Gasteiger partial charge in [-0.1, -0.05) is 29.8 Å². The highest BCUT2D eigenvalue weighted by Gasteiger charge is 2.17. The summed E-state index contributed by atoms with van der Waals surface area (Å²) in [5.41, 5.74) is 0. The summed E-state index contributed by atoms with van der Waals surface area (Å²) in [6, 6.07) is 0. The molecule has 2 atom stereocenters. The van der Waals surface area contributed by atoms with Crippen LogP contribution in [0, 0.1) is 5.92 Å². The molecule has 0 saturated carbocycles. The molecule has 9 heavy (non-hydrogen) atoms. The first kappa shape index (κ1) is 8.95. The summed E-state index contributed by atoms with van der Waals surface area (Å²) in [5.74, 6) is -0.227. The van der Waals surface area contributed by atoms with E-state index < -0.39 is 0 Å². The molecule has 0 aliphatic rings. The second-order valence-corrected chi connectivity index (χ2v) is 3.43. The molecule has 0 radical (unpaired) electrons. The maximum atomic E-state index is 10.7. The first-order valence-corrected chi connectivity index (χ1v) is 3.73. The van der Waals surface area contributed by atoms with Crippen LogP contribution in [-0.4, -0.2) is 17.9 Å². The molecule has 0 aliphatic carbocycles. The Balaban J connectivity index is 3.72. The predicted octanol–water partition coefficient (Wildman–Crippen LogP) is 1.58. The molecule has 0 rings (SSSR count). The molecule has 0 aromatic rings. The third-order valence-electron chi connectivity index (χ3n) is 1.26. The van der Waals surface area contributed by atoms with Crippen molar-refractivity contribution in [3.8, 4) is 0 Å². The summed E-state index contributed by atoms with van der Waals surface area (Å²) in [6.07, 6.45) is 0. The van der Waals surface area contributed by atoms with Gasteiger partial charge < -0.3 is 4.74 Å². The number of carbonyl (C=O) groups is 1. The number of methoxy groups -OCH3 is 1. The maximum Gasteiger partial charge on any atom is 0.309 e. The monoisotopic (exact) mass is 194 g/mol. The Labute approximate surface area is 63.7 Å². The van der Waals surface area contributed by atoms with E-state index in [4.69, 9.17) is 0 Å². The average Bonchev–Trinajstić information content (AvgIpc) is 1.84. The van der Waals surface area contributed by atoms with E-state index in [1.165, 1.54) is 7.11 Å². The van der Waals surface area contributed by atoms with Crippen LogP contribution in [0.25, 0.3) is 0 Å². The molecule has 2 unspecified atom stereocenters. The van der Waals surface area contributed by atoms with Crippen molar-refractivity contribution in [3.05, 3.63) is 0 Å². The molecule has 0 N–H and O–H groups in total. The van der Waals surface area contributed by atoms with Gasteiger partial charge in [-0.15, -0.1) is 0 Å². The predicted molar refractivity (Wildman–Crippen MR) is 39.6 cm³/mol. The summed E-state index contributed by atoms with van der Waals surface area (Å²) in [5, 5.41) is 0. The minimum atomic E-state index is -0.167. The second kappa shape index (κ2) is 3.88. The van der Waals surface area contributed by atoms with Crippen molar-refractivity contribution in [2.75, 3.05) is 7.11 Å². The highest BCUT2D eigenvalue weighted by atomic mass is 79.9. The van der Waals surface area contributed by atoms with E-state index in [9.17, 15) is 4.79 Å². The van der Waals surface area contributed by atoms with Crippen LogP contribution in [0.2, 0.25) is 0 Å². The summed E-state index contributed by atoms with van der Waals surface area (Å²) in [4.78, 5) is 10.9. The van der Waals surface area contributed by atoms with Crippen LogP contribution >= 0.6 is 15.9 Å². The molecule has 2 nitrogen and oxygen atoms in total. The van der Waals surface area contributed by atoms with Gasteiger partial charge >= 0.3 is 5.97 Å². The SMILES string of the molecule is COC(=O)C(C)C(C)Br. The Morgan fingerprint density at radius 3 is 2.11 bits per heavy atom. The summed E-state index contributed by atoms with van der Waals surface area (Å²) < 4.78 is 4.50. The maximum absolute atomic E-state index is 10.7. The summed E-state index contributed by atoms with van der Waals surface area (Å²) in [6.45, 7) is 3.74. The Bertz CT molecular complexity index is 101. The Morgan fingerprint density at radius 2 is 2.00 bits per heavy atom. The van der Waals surface area contributed by atoms with Crippen molar-refractivity contribution < 1.29 is 9.53 Å². The van der Waals surface area contributed by atoms with E-state index in [0.29, 0.717) is 0 Å². The van der Waals surface area contributed by atoms with Gasteiger partial charge in [0.15, 0.2) is 0 Å². The van der Waals surface area contributed by atoms with Gasteiger partial charge in [-0.3, -0.25) is 4.79 Å². The van der Waals surface area contributed by atoms with E-state index in [1.807, 2.05) is 13.8 Å². The summed E-state index contributed by atoms with van der Waals surface area (Å²) >= 11 is 3.28. The number of halogens is 1. The zero-order chi connectivity index (χ0) is 7.44. The first-order valence-electron chi connectivity index (χ1n) is 2.81. The van der Waals surface area contributed by atoms with Gasteiger partial charge in [-0.25, -0.2) is 0 Å². The lowest BCUT2D eigenvalue weighted by molar-refractivity contribution is -0.144. The fraction of sp³-hybridized carbons (Fsp3) is 0.833. The molecular formula is C6H11BrO2. The lowest BCUT2D eigenvalue weighted by Gasteiger charge is -2.09. The van der Waals surface area contributed by atoms with E-state index in [-0.39, 0.29) is 16.7 Å². The average molecular weight is 195 g/mol. The number of alkyl halides is 1. The summed E-state index contributed by atoms with van der Waals surface area (Å²) in [7, 11) is 1.40. The van der Waals surface area contributed by atoms with Crippen molar-refractivity contribution in [2.45, 2.75) is 18.7 Å². The highest BCUT2D eigenvalue weighted by Crippen LogP contribution is 2.12. The van der Waals surface area contributed by atoms with Gasteiger partial charge in [0.05, 0.1) is 13.0 Å². The fourth-order valence-electron chi connectivity index (χ4n) is 0.373. The number of carbonyl (C=O) groups excluding carboxylic acids is 1. The van der Waals surface area contributed by atoms with Gasteiger partial charge in [0.1, 0.15) is 0 Å². The normalized spacial score (nSPS) is 16.4. The van der Waals surface area contributed by atoms with Crippen LogP contribution in [0.4, 0.5) is 0 Å². The molecule has 54 valence electrons. The highest BCUT2D eigenvalue weighted by molar-refractivity contribution is 9.09. The molecular weight excluding hydrogens is 184 g/mol. The molecule has 0 saturated heterocycles. The third-order valence-corrected chi connectivity index (χ3v) is 2.05. The minimum absolute atomic E-state index is 0.0602. The van der Waals surface area contributed by atoms with Gasteiger partial charge in [0.2, 0.25) is 0 Å². The zero-order valence-corrected chi connectivity index (χ0v) is 7.44. The molecule has 0 bridgehead atoms. The molecule has 0 heterocycles. The topological polar surface area (TPSA) is 26.3 Å². The number of hydrogen-bond donors (Lipinski definition) is 0. The van der Waals surface area contributed by atoms with Crippen molar-refractivity contribution >= 4 is 21.9 Å². The Hall–Kier alpha value is -0.0500. The number of rotatable bonds is 2. The van der Waals surface area contributed by atoms with Crippen LogP contribution < -0.4 is 0 Å². The third kappa shape index (κ3) is 2.84. The van der Waals surface area contributed by atoms with E-state index in [0.717, 1.165) is 0 Å². The Morgan fingerprint density at radius 1 is 1.56 bits per heavy atom. The lowest BCUT2D eigenvalue weighted by Crippen LogP contribution is -2.19. The molecule has 0 spiro atoms. The van der Waals surface area contributed by atoms with Gasteiger partial charge in [-0.05, 0) is 0 Å². The molecule has 0 amide bonds. The number of esters is 1. The van der Waals surface area contributed by atoms with E-state index >= 15 is 0 Å². The quantitative estimate of drug-likeness (QED) is 0.493. The molecule has 0 fully saturated rings. The van der Waals surface area contributed by atoms with E-state index in [1.54, 1.807) is 0 Å². The van der Waals surface area contributed by atoms with Crippen LogP contribution in [0.3, 0.4) is 0 Å². The largest absolute Gasteiger partial charge is 0.469 e. The van der Waals surface area contributed by atoms with Crippen molar-refractivity contribution in [1.82, 2.24) is 0 Å². The number of hydrogen-bond acceptors (Lipinski definition) is 2. The molecule has 0 aromatic carbocycles. The first-order chi connectivity index (χ1) is 4.09. The van der Waals surface area contributed by atoms with Gasteiger partial charge in [-0.2, -0.15) is 0 Å². The zero-order valence-electron chi connectivity index (χ0n) is 5.85. The second-order valence-electron chi connectivity index (χ2n) is 1.99. The smallest absolute Gasteiger partial charge is 0.309 e. The molecule has 3 heteroatoms. The van der Waals surface area contributed by atoms with Crippen molar-refractivity contribution in [3.63, 3.8) is 0 Å². The van der Waals surface area contributed by atoms with Gasteiger partial charge in [0, 0.05) is 4.83 Å². The van der Waals surface area contributed by atoms with Crippen LogP contribution in [0.15, 0.2) is 0 Å². The lowest BCUT2D eigenvalue weighted by atomic mass is 10.1.